The Morgan fingerprint density at radius 2 is 0.314 bits per heavy atom. The van der Waals surface area contributed by atoms with Gasteiger partial charge in [0.25, 0.3) is 0 Å². The summed E-state index contributed by atoms with van der Waals surface area (Å²) in [5, 5.41) is 83.3. The van der Waals surface area contributed by atoms with Crippen molar-refractivity contribution in [2.24, 2.45) is 0 Å². The molecule has 27 aromatic rings. The minimum absolute atomic E-state index is 0. The van der Waals surface area contributed by atoms with Crippen LogP contribution in [0.1, 0.15) is 0 Å². The molecule has 11 aromatic heterocycles. The van der Waals surface area contributed by atoms with Crippen LogP contribution in [0.2, 0.25) is 0 Å². The molecule has 8 N–H and O–H groups in total. The van der Waals surface area contributed by atoms with Crippen molar-refractivity contribution in [1.82, 2.24) is 161 Å². The van der Waals surface area contributed by atoms with Crippen LogP contribution in [0, 0.1) is 0 Å². The summed E-state index contributed by atoms with van der Waals surface area (Å²) in [7, 11) is 0. The van der Waals surface area contributed by atoms with Crippen LogP contribution in [0.3, 0.4) is 0 Å². The first-order chi connectivity index (χ1) is 67.4. The molecule has 137 heavy (non-hydrogen) atoms. The zero-order valence-electron chi connectivity index (χ0n) is 70.3. The van der Waals surface area contributed by atoms with Crippen LogP contribution in [0.25, 0.3) is 221 Å². The molecule has 8 bridgehead atoms. The predicted molar refractivity (Wildman–Crippen MR) is 516 cm³/mol. The van der Waals surface area contributed by atoms with Crippen LogP contribution in [-0.2, 0) is 17.1 Å². The number of rotatable bonds is 16. The molecule has 0 atom stereocenters. The molecular formula is C96H56CuN40. The Hall–Kier alpha value is -20.0. The van der Waals surface area contributed by atoms with Gasteiger partial charge in [-0.2, -0.15) is 38.3 Å². The number of nitrogens with one attached hydrogen (secondary N) is 8. The predicted octanol–water partition coefficient (Wildman–Crippen LogP) is 15.7. The first-order valence-electron chi connectivity index (χ1n) is 43.1. The molecule has 1 radical (unpaired) electrons. The maximum absolute atomic E-state index is 6.07. The number of hydrogen-bond acceptors (Lipinski definition) is 30. The van der Waals surface area contributed by atoms with E-state index in [0.29, 0.717) is 221 Å². The Balaban J connectivity index is 0.00000927. The molecule has 2 aliphatic heterocycles. The average Bonchev–Trinajstić information content (AvgIpc) is 1.55. The van der Waals surface area contributed by atoms with Crippen molar-refractivity contribution < 1.29 is 17.1 Å². The summed E-state index contributed by atoms with van der Waals surface area (Å²) in [6, 6.07) is 93.3. The normalized spacial score (nSPS) is 12.0. The number of hydrogen-bond donors (Lipinski definition) is 8. The van der Waals surface area contributed by atoms with E-state index in [-0.39, 0.29) is 63.0 Å². The number of aromatic nitrogens is 32. The second-order valence-electron chi connectivity index (χ2n) is 32.5. The molecule has 0 amide bonds. The van der Waals surface area contributed by atoms with Gasteiger partial charge in [0.1, 0.15) is 88.3 Å². The molecule has 651 valence electrons. The van der Waals surface area contributed by atoms with E-state index in [2.05, 4.69) is 43.4 Å². The first kappa shape index (κ1) is 76.0. The van der Waals surface area contributed by atoms with Gasteiger partial charge in [-0.25, -0.2) is 9.97 Å². The Labute approximate surface area is 774 Å². The molecule has 41 heteroatoms. The summed E-state index contributed by atoms with van der Waals surface area (Å²) in [5.74, 6) is 0.299. The first-order valence-corrected chi connectivity index (χ1v) is 43.1. The van der Waals surface area contributed by atoms with Crippen molar-refractivity contribution in [3.8, 4) is 45.6 Å². The molecule has 40 nitrogen and oxygen atoms in total. The Bertz CT molecular complexity index is 8890. The summed E-state index contributed by atoms with van der Waals surface area (Å²) < 4.78 is 0. The van der Waals surface area contributed by atoms with Gasteiger partial charge < -0.3 is 29.9 Å². The van der Waals surface area contributed by atoms with Crippen molar-refractivity contribution in [2.45, 2.75) is 0 Å². The van der Waals surface area contributed by atoms with Crippen LogP contribution < -0.4 is 53.4 Å². The minimum Gasteiger partial charge on any atom is -0.357 e. The summed E-state index contributed by atoms with van der Waals surface area (Å²) in [6.07, 6.45) is 0. The Morgan fingerprint density at radius 3 is 0.489 bits per heavy atom. The van der Waals surface area contributed by atoms with E-state index in [1.807, 2.05) is 291 Å². The van der Waals surface area contributed by atoms with Gasteiger partial charge in [-0.1, -0.05) is 194 Å². The number of benzene rings is 16. The van der Waals surface area contributed by atoms with Gasteiger partial charge in [0, 0.05) is 109 Å². The molecule has 16 aromatic carbocycles. The van der Waals surface area contributed by atoms with E-state index in [0.717, 1.165) is 0 Å². The third-order valence-electron chi connectivity index (χ3n) is 24.9. The van der Waals surface area contributed by atoms with Gasteiger partial charge in [-0.15, -0.1) is 40.8 Å². The van der Waals surface area contributed by atoms with Gasteiger partial charge in [-0.05, 0) is 139 Å². The zero-order valence-corrected chi connectivity index (χ0v) is 71.3. The van der Waals surface area contributed by atoms with Gasteiger partial charge in [-0.3, -0.25) is 43.4 Å². The van der Waals surface area contributed by atoms with E-state index in [9.17, 15) is 0 Å². The van der Waals surface area contributed by atoms with Gasteiger partial charge in [0.05, 0.1) is 68.8 Å². The van der Waals surface area contributed by atoms with Crippen molar-refractivity contribution in [3.63, 3.8) is 0 Å². The topological polar surface area (TPSA) is 447 Å². The van der Waals surface area contributed by atoms with Crippen LogP contribution in [0.5, 0.6) is 0 Å². The monoisotopic (exact) mass is 1830 g/mol. The second-order valence-corrected chi connectivity index (χ2v) is 32.5. The fourth-order valence-electron chi connectivity index (χ4n) is 18.8. The van der Waals surface area contributed by atoms with E-state index in [1.54, 1.807) is 38.3 Å². The summed E-state index contributed by atoms with van der Waals surface area (Å²) in [5.41, 5.74) is 46.0. The number of anilines is 8. The van der Waals surface area contributed by atoms with Crippen molar-refractivity contribution in [3.05, 3.63) is 291 Å². The largest absolute Gasteiger partial charge is 2.00 e. The molecule has 2 aliphatic rings. The van der Waals surface area contributed by atoms with Crippen LogP contribution in [-0.4, -0.2) is 151 Å². The van der Waals surface area contributed by atoms with Crippen LogP contribution in [0.15, 0.2) is 291 Å². The fraction of sp³-hybridized carbons (Fsp3) is 0. The van der Waals surface area contributed by atoms with E-state index in [4.69, 9.17) is 122 Å². The van der Waals surface area contributed by atoms with E-state index in [1.165, 1.54) is 0 Å². The van der Waals surface area contributed by atoms with Crippen molar-refractivity contribution in [2.75, 3.05) is 43.4 Å². The SMILES string of the molecule is [Cu+2].c1ccc2c(c1)nnn2Nc1c2c(c(Nn3nnc4ccccc43)c3ccccc13)-c1nc-2nc2[n-]c(nc3nc(nc4[n-]c(n1)c1c(Nn5nnc6ccccc65)c5ccccc5c(Nn5nnc6ccccc65)c41)-c1c-3c(Nn3nnc4ccccc43)c3ccccc3c1Nn1nnc3ccccc31)c1c(Nn3nnc4ccccc43)c3ccccc3c(Nn3nnc4ccccc43)c21. The Morgan fingerprint density at radius 1 is 0.168 bits per heavy atom. The molecule has 0 unspecified atom stereocenters. The average molecular weight is 1830 g/mol. The summed E-state index contributed by atoms with van der Waals surface area (Å²) >= 11 is 0. The van der Waals surface area contributed by atoms with Crippen LogP contribution in [0.4, 0.5) is 45.5 Å². The molecule has 0 saturated heterocycles. The Kier molecular flexibility index (Phi) is 16.4. The van der Waals surface area contributed by atoms with Crippen molar-refractivity contribution in [1.29, 1.82) is 0 Å². The third-order valence-corrected chi connectivity index (χ3v) is 24.9. The van der Waals surface area contributed by atoms with Gasteiger partial charge >= 0.3 is 17.1 Å². The maximum Gasteiger partial charge on any atom is 2.00 e. The smallest absolute Gasteiger partial charge is 0.357 e. The molecular weight excluding hydrogens is 1780 g/mol. The number of nitrogens with zero attached hydrogens (tertiary/aromatic N) is 32. The fourth-order valence-corrected chi connectivity index (χ4v) is 18.8. The quantitative estimate of drug-likeness (QED) is 0.0329. The standard InChI is InChI=1S/C96H56N40.Cu/c1-2-26-50-49(25-1)81(113-129-65-41-17-9-33-57(65)105-121-129)73-74(82(50)114-130-66-42-18-10-34-58(66)106-122-130)90-97-89(73)101-91-75-76(84(116-132-68-44-20-12-36-60(68)108-124-132)52-28-4-3-27-51(52)83(75)115-131-67-43-19-11-35-59(67)107-123-131)93(98-91)103-95-79-80(88(120-136-72-48-24-16-40-64(72)112-128-136)56-32-8-7-31-55(56)87(79)119-135-71-47-23-15-39-63(71)111-127-135)96(100-95)104-94-78-77(92(99-94)102-90)85(117-133-69-45-21-13-37-61(69)109-125-133)53-29-5-6-30-54(53)86(78)118-134-70-46-22-14-38-62(70)110-126-134;/h1-48,113-120H;/q-2;+2. The molecule has 0 fully saturated rings. The molecule has 0 saturated carbocycles. The summed E-state index contributed by atoms with van der Waals surface area (Å²) in [4.78, 5) is 61.1. The molecule has 29 rings (SSSR count). The second kappa shape index (κ2) is 29.5. The van der Waals surface area contributed by atoms with Gasteiger partial charge in [0.2, 0.25) is 0 Å². The van der Waals surface area contributed by atoms with E-state index < -0.39 is 0 Å². The van der Waals surface area contributed by atoms with Gasteiger partial charge in [0.15, 0.2) is 0 Å². The number of para-hydroxylation sites is 8. The minimum atomic E-state index is 0. The van der Waals surface area contributed by atoms with E-state index >= 15 is 0 Å². The zero-order chi connectivity index (χ0) is 88.9. The van der Waals surface area contributed by atoms with Crippen LogP contribution >= 0.6 is 0 Å². The molecule has 13 heterocycles. The maximum atomic E-state index is 6.07. The van der Waals surface area contributed by atoms with Crippen molar-refractivity contribution >= 4 is 221 Å². The molecule has 0 spiro atoms. The summed E-state index contributed by atoms with van der Waals surface area (Å²) in [6.45, 7) is 0. The number of fused-ring (bicyclic) bond motifs is 32. The third kappa shape index (κ3) is 11.6. The molecule has 0 aliphatic carbocycles.